The van der Waals surface area contributed by atoms with Gasteiger partial charge in [-0.05, 0) is 30.3 Å². The molecule has 1 aromatic heterocycles. The van der Waals surface area contributed by atoms with Crippen LogP contribution in [0.4, 0.5) is 11.5 Å². The van der Waals surface area contributed by atoms with Gasteiger partial charge in [0.1, 0.15) is 23.6 Å². The summed E-state index contributed by atoms with van der Waals surface area (Å²) >= 11 is 5.98. The van der Waals surface area contributed by atoms with Crippen LogP contribution in [0.5, 0.6) is 11.5 Å². The molecule has 0 saturated heterocycles. The van der Waals surface area contributed by atoms with E-state index in [1.54, 1.807) is 14.2 Å². The molecule has 5 nitrogen and oxygen atoms in total. The minimum Gasteiger partial charge on any atom is -0.496 e. The third kappa shape index (κ3) is 4.36. The Labute approximate surface area is 163 Å². The number of benzene rings is 2. The van der Waals surface area contributed by atoms with Crippen molar-refractivity contribution in [3.63, 3.8) is 0 Å². The molecule has 7 heteroatoms. The lowest BCUT2D eigenvalue weighted by Gasteiger charge is -2.11. The van der Waals surface area contributed by atoms with Gasteiger partial charge in [-0.2, -0.15) is 0 Å². The number of nitrogens with one attached hydrogen (secondary N) is 1. The van der Waals surface area contributed by atoms with E-state index in [-0.39, 0.29) is 12.4 Å². The number of halogens is 2. The highest BCUT2D eigenvalue weighted by molar-refractivity contribution is 6.17. The lowest BCUT2D eigenvalue weighted by Crippen LogP contribution is -1.98. The van der Waals surface area contributed by atoms with Crippen LogP contribution >= 0.6 is 24.0 Å². The normalized spacial score (nSPS) is 9.96. The highest BCUT2D eigenvalue weighted by atomic mass is 35.5. The summed E-state index contributed by atoms with van der Waals surface area (Å²) in [6.45, 7) is 0. The molecule has 136 valence electrons. The molecule has 0 radical (unpaired) electrons. The Morgan fingerprint density at radius 1 is 0.962 bits per heavy atom. The lowest BCUT2D eigenvalue weighted by atomic mass is 10.1. The van der Waals surface area contributed by atoms with Crippen LogP contribution in [0.15, 0.2) is 54.9 Å². The molecule has 1 N–H and O–H groups in total. The van der Waals surface area contributed by atoms with Gasteiger partial charge in [0.05, 0.1) is 25.8 Å². The first-order chi connectivity index (χ1) is 12.2. The van der Waals surface area contributed by atoms with E-state index in [0.717, 1.165) is 34.0 Å². The van der Waals surface area contributed by atoms with E-state index >= 15 is 0 Å². The molecule has 2 aromatic carbocycles. The monoisotopic (exact) mass is 391 g/mol. The van der Waals surface area contributed by atoms with Crippen LogP contribution in [-0.2, 0) is 5.88 Å². The molecular weight excluding hydrogens is 373 g/mol. The van der Waals surface area contributed by atoms with Crippen molar-refractivity contribution in [3.8, 4) is 22.8 Å². The van der Waals surface area contributed by atoms with Gasteiger partial charge in [-0.3, -0.25) is 0 Å². The smallest absolute Gasteiger partial charge is 0.134 e. The maximum atomic E-state index is 5.98. The molecule has 0 atom stereocenters. The third-order valence-corrected chi connectivity index (χ3v) is 4.03. The van der Waals surface area contributed by atoms with Gasteiger partial charge in [-0.1, -0.05) is 12.1 Å². The summed E-state index contributed by atoms with van der Waals surface area (Å²) in [6.07, 6.45) is 1.52. The second-order valence-electron chi connectivity index (χ2n) is 5.27. The van der Waals surface area contributed by atoms with E-state index in [1.807, 2.05) is 48.5 Å². The second kappa shape index (κ2) is 9.27. The minimum atomic E-state index is 0. The quantitative estimate of drug-likeness (QED) is 0.594. The number of ether oxygens (including phenoxy) is 2. The largest absolute Gasteiger partial charge is 0.496 e. The fourth-order valence-electron chi connectivity index (χ4n) is 2.54. The molecule has 0 aliphatic rings. The summed E-state index contributed by atoms with van der Waals surface area (Å²) in [5.74, 6) is 2.58. The second-order valence-corrected chi connectivity index (χ2v) is 5.54. The fourth-order valence-corrected chi connectivity index (χ4v) is 2.75. The first-order valence-corrected chi connectivity index (χ1v) is 8.24. The van der Waals surface area contributed by atoms with Crippen LogP contribution < -0.4 is 14.8 Å². The molecule has 1 heterocycles. The van der Waals surface area contributed by atoms with E-state index in [9.17, 15) is 0 Å². The number of hydrogen-bond donors (Lipinski definition) is 1. The van der Waals surface area contributed by atoms with Crippen molar-refractivity contribution in [3.05, 3.63) is 60.4 Å². The predicted octanol–water partition coefficient (Wildman–Crippen LogP) is 5.07. The van der Waals surface area contributed by atoms with Crippen molar-refractivity contribution in [2.45, 2.75) is 5.88 Å². The number of rotatable bonds is 6. The van der Waals surface area contributed by atoms with Crippen molar-refractivity contribution >= 4 is 35.5 Å². The SMILES string of the molecule is COc1ccc(Nc2cc(-c3ccccc3OC)ncn2)cc1CCl.Cl. The van der Waals surface area contributed by atoms with Gasteiger partial charge in [0, 0.05) is 22.9 Å². The molecule has 0 fully saturated rings. The number of nitrogens with zero attached hydrogens (tertiary/aromatic N) is 2. The van der Waals surface area contributed by atoms with E-state index in [4.69, 9.17) is 21.1 Å². The Morgan fingerprint density at radius 3 is 2.46 bits per heavy atom. The topological polar surface area (TPSA) is 56.3 Å². The Bertz CT molecular complexity index is 875. The molecule has 0 bridgehead atoms. The molecule has 26 heavy (non-hydrogen) atoms. The Morgan fingerprint density at radius 2 is 1.73 bits per heavy atom. The highest BCUT2D eigenvalue weighted by Gasteiger charge is 2.09. The molecule has 0 unspecified atom stereocenters. The van der Waals surface area contributed by atoms with E-state index in [1.165, 1.54) is 6.33 Å². The number of hydrogen-bond acceptors (Lipinski definition) is 5. The molecule has 0 saturated carbocycles. The third-order valence-electron chi connectivity index (χ3n) is 3.75. The molecule has 0 amide bonds. The summed E-state index contributed by atoms with van der Waals surface area (Å²) < 4.78 is 10.7. The summed E-state index contributed by atoms with van der Waals surface area (Å²) in [5.41, 5.74) is 3.47. The van der Waals surface area contributed by atoms with Gasteiger partial charge in [-0.15, -0.1) is 24.0 Å². The van der Waals surface area contributed by atoms with Gasteiger partial charge in [0.2, 0.25) is 0 Å². The standard InChI is InChI=1S/C19H18ClN3O2.ClH/c1-24-17-8-7-14(9-13(17)11-20)23-19-10-16(21-12-22-19)15-5-3-4-6-18(15)25-2;/h3-10,12H,11H2,1-2H3,(H,21,22,23);1H. The van der Waals surface area contributed by atoms with E-state index in [2.05, 4.69) is 15.3 Å². The van der Waals surface area contributed by atoms with Crippen LogP contribution in [0.2, 0.25) is 0 Å². The Balaban J connectivity index is 0.00000243. The van der Waals surface area contributed by atoms with Gasteiger partial charge in [-0.25, -0.2) is 9.97 Å². The molecular formula is C19H19Cl2N3O2. The van der Waals surface area contributed by atoms with Gasteiger partial charge in [0.25, 0.3) is 0 Å². The zero-order valence-electron chi connectivity index (χ0n) is 14.4. The first-order valence-electron chi connectivity index (χ1n) is 7.70. The van der Waals surface area contributed by atoms with Crippen LogP contribution in [-0.4, -0.2) is 24.2 Å². The maximum absolute atomic E-state index is 5.98. The zero-order chi connectivity index (χ0) is 17.6. The first kappa shape index (κ1) is 19.8. The summed E-state index contributed by atoms with van der Waals surface area (Å²) in [5, 5.41) is 3.27. The maximum Gasteiger partial charge on any atom is 0.134 e. The van der Waals surface area contributed by atoms with Gasteiger partial charge < -0.3 is 14.8 Å². The number of anilines is 2. The Hall–Kier alpha value is -2.50. The number of alkyl halides is 1. The van der Waals surface area contributed by atoms with Crippen LogP contribution in [0.3, 0.4) is 0 Å². The molecule has 0 aliphatic heterocycles. The van der Waals surface area contributed by atoms with Gasteiger partial charge >= 0.3 is 0 Å². The van der Waals surface area contributed by atoms with Crippen LogP contribution in [0, 0.1) is 0 Å². The Kier molecular flexibility index (Phi) is 7.06. The molecule has 3 rings (SSSR count). The minimum absolute atomic E-state index is 0. The van der Waals surface area contributed by atoms with Crippen molar-refractivity contribution in [1.82, 2.24) is 9.97 Å². The highest BCUT2D eigenvalue weighted by Crippen LogP contribution is 2.30. The number of para-hydroxylation sites is 1. The van der Waals surface area contributed by atoms with Crippen molar-refractivity contribution < 1.29 is 9.47 Å². The molecule has 0 spiro atoms. The average molecular weight is 392 g/mol. The van der Waals surface area contributed by atoms with Crippen molar-refractivity contribution in [1.29, 1.82) is 0 Å². The molecule has 0 aliphatic carbocycles. The average Bonchev–Trinajstić information content (AvgIpc) is 2.68. The van der Waals surface area contributed by atoms with Crippen LogP contribution in [0.1, 0.15) is 5.56 Å². The van der Waals surface area contributed by atoms with Gasteiger partial charge in [0.15, 0.2) is 0 Å². The summed E-state index contributed by atoms with van der Waals surface area (Å²) in [6, 6.07) is 15.4. The van der Waals surface area contributed by atoms with E-state index < -0.39 is 0 Å². The predicted molar refractivity (Wildman–Crippen MR) is 107 cm³/mol. The number of methoxy groups -OCH3 is 2. The van der Waals surface area contributed by atoms with Crippen molar-refractivity contribution in [2.75, 3.05) is 19.5 Å². The molecule has 3 aromatic rings. The number of aromatic nitrogens is 2. The van der Waals surface area contributed by atoms with Crippen molar-refractivity contribution in [2.24, 2.45) is 0 Å². The summed E-state index contributed by atoms with van der Waals surface area (Å²) in [7, 11) is 3.27. The van der Waals surface area contributed by atoms with E-state index in [0.29, 0.717) is 11.7 Å². The fraction of sp³-hybridized carbons (Fsp3) is 0.158. The summed E-state index contributed by atoms with van der Waals surface area (Å²) in [4.78, 5) is 8.64. The van der Waals surface area contributed by atoms with Crippen LogP contribution in [0.25, 0.3) is 11.3 Å². The zero-order valence-corrected chi connectivity index (χ0v) is 16.0. The lowest BCUT2D eigenvalue weighted by molar-refractivity contribution is 0.411.